The lowest BCUT2D eigenvalue weighted by molar-refractivity contribution is -0.155. The normalized spacial score (nSPS) is 25.2. The third-order valence-corrected chi connectivity index (χ3v) is 7.75. The molecule has 164 valence electrons. The summed E-state index contributed by atoms with van der Waals surface area (Å²) < 4.78 is 38.2. The van der Waals surface area contributed by atoms with Gasteiger partial charge in [0.15, 0.2) is 6.29 Å². The second-order valence-corrected chi connectivity index (χ2v) is 9.95. The number of hydrogen-bond acceptors (Lipinski definition) is 5. The van der Waals surface area contributed by atoms with Crippen molar-refractivity contribution in [1.29, 1.82) is 0 Å². The Balaban J connectivity index is 1.35. The summed E-state index contributed by atoms with van der Waals surface area (Å²) in [4.78, 5) is 15.2. The minimum Gasteiger partial charge on any atom is -0.348 e. The molecule has 0 spiro atoms. The summed E-state index contributed by atoms with van der Waals surface area (Å²) in [7, 11) is -3.49. The summed E-state index contributed by atoms with van der Waals surface area (Å²) in [5.41, 5.74) is 0.846. The Morgan fingerprint density at radius 1 is 0.967 bits per heavy atom. The van der Waals surface area contributed by atoms with E-state index in [9.17, 15) is 13.2 Å². The molecule has 1 amide bonds. The molecular formula is C22H30N2O5S. The summed E-state index contributed by atoms with van der Waals surface area (Å²) in [5.74, 6) is -0.0211. The lowest BCUT2D eigenvalue weighted by Gasteiger charge is -2.41. The van der Waals surface area contributed by atoms with E-state index >= 15 is 0 Å². The van der Waals surface area contributed by atoms with Crippen LogP contribution in [0.15, 0.2) is 35.7 Å². The molecule has 1 aromatic carbocycles. The number of benzene rings is 1. The fraction of sp³-hybridized carbons (Fsp3) is 0.591. The van der Waals surface area contributed by atoms with Gasteiger partial charge in [-0.25, -0.2) is 8.42 Å². The molecule has 3 aliphatic heterocycles. The van der Waals surface area contributed by atoms with Crippen molar-refractivity contribution in [1.82, 2.24) is 9.21 Å². The largest absolute Gasteiger partial charge is 0.348 e. The zero-order valence-electron chi connectivity index (χ0n) is 17.2. The van der Waals surface area contributed by atoms with Crippen LogP contribution in [0.3, 0.4) is 0 Å². The highest BCUT2D eigenvalue weighted by molar-refractivity contribution is 7.92. The van der Waals surface area contributed by atoms with E-state index in [1.54, 1.807) is 6.08 Å². The Morgan fingerprint density at radius 3 is 2.37 bits per heavy atom. The molecule has 1 atom stereocenters. The minimum absolute atomic E-state index is 0.0238. The molecule has 0 radical (unpaired) electrons. The molecule has 0 bridgehead atoms. The predicted molar refractivity (Wildman–Crippen MR) is 114 cm³/mol. The van der Waals surface area contributed by atoms with Crippen LogP contribution in [-0.4, -0.2) is 68.7 Å². The van der Waals surface area contributed by atoms with Crippen LogP contribution in [0, 0.1) is 5.92 Å². The van der Waals surface area contributed by atoms with Crippen LogP contribution in [0.5, 0.6) is 0 Å². The maximum absolute atomic E-state index is 13.2. The van der Waals surface area contributed by atoms with E-state index in [0.29, 0.717) is 39.1 Å². The molecule has 7 nitrogen and oxygen atoms in total. The van der Waals surface area contributed by atoms with Gasteiger partial charge in [0.2, 0.25) is 15.9 Å². The number of sulfonamides is 1. The number of rotatable bonds is 5. The summed E-state index contributed by atoms with van der Waals surface area (Å²) in [6, 6.07) is 9.35. The first kappa shape index (κ1) is 21.5. The smallest absolute Gasteiger partial charge is 0.236 e. The van der Waals surface area contributed by atoms with Crippen LogP contribution < -0.4 is 0 Å². The Morgan fingerprint density at radius 2 is 1.67 bits per heavy atom. The second-order valence-electron chi connectivity index (χ2n) is 8.14. The van der Waals surface area contributed by atoms with Crippen LogP contribution in [-0.2, 0) is 24.3 Å². The number of hydrogen-bond donors (Lipinski definition) is 0. The topological polar surface area (TPSA) is 76.2 Å². The summed E-state index contributed by atoms with van der Waals surface area (Å²) >= 11 is 0. The number of carbonyl (C=O) groups excluding carboxylic acids is 1. The van der Waals surface area contributed by atoms with Gasteiger partial charge in [-0.15, -0.1) is 0 Å². The zero-order valence-corrected chi connectivity index (χ0v) is 18.0. The number of amides is 1. The van der Waals surface area contributed by atoms with Crippen LogP contribution in [0.1, 0.15) is 37.7 Å². The van der Waals surface area contributed by atoms with Gasteiger partial charge in [-0.1, -0.05) is 30.3 Å². The lowest BCUT2D eigenvalue weighted by atomic mass is 9.93. The Labute approximate surface area is 178 Å². The summed E-state index contributed by atoms with van der Waals surface area (Å²) in [6.07, 6.45) is 5.35. The molecule has 8 heteroatoms. The molecule has 3 fully saturated rings. The van der Waals surface area contributed by atoms with Crippen LogP contribution >= 0.6 is 0 Å². The zero-order chi connectivity index (χ0) is 21.0. The highest BCUT2D eigenvalue weighted by atomic mass is 32.2. The highest BCUT2D eigenvalue weighted by Crippen LogP contribution is 2.29. The van der Waals surface area contributed by atoms with Gasteiger partial charge in [0, 0.05) is 31.0 Å². The number of ether oxygens (including phenoxy) is 2. The van der Waals surface area contributed by atoms with E-state index < -0.39 is 10.0 Å². The molecular weight excluding hydrogens is 404 g/mol. The lowest BCUT2D eigenvalue weighted by Crippen LogP contribution is -2.53. The third-order valence-electron chi connectivity index (χ3n) is 6.19. The summed E-state index contributed by atoms with van der Waals surface area (Å²) in [6.45, 7) is 2.62. The fourth-order valence-electron chi connectivity index (χ4n) is 4.52. The van der Waals surface area contributed by atoms with E-state index in [-0.39, 0.29) is 24.2 Å². The van der Waals surface area contributed by atoms with Crippen molar-refractivity contribution in [3.05, 3.63) is 41.3 Å². The number of likely N-dealkylation sites (tertiary alicyclic amines) is 1. The van der Waals surface area contributed by atoms with Crippen molar-refractivity contribution in [3.8, 4) is 0 Å². The third kappa shape index (κ3) is 4.94. The van der Waals surface area contributed by atoms with Gasteiger partial charge in [-0.2, -0.15) is 4.31 Å². The highest BCUT2D eigenvalue weighted by Gasteiger charge is 2.39. The molecule has 3 aliphatic rings. The summed E-state index contributed by atoms with van der Waals surface area (Å²) in [5, 5.41) is 1.26. The monoisotopic (exact) mass is 434 g/mol. The molecule has 0 aromatic heterocycles. The fourth-order valence-corrected chi connectivity index (χ4v) is 5.74. The van der Waals surface area contributed by atoms with Gasteiger partial charge >= 0.3 is 0 Å². The van der Waals surface area contributed by atoms with Gasteiger partial charge in [0.25, 0.3) is 0 Å². The van der Waals surface area contributed by atoms with Gasteiger partial charge in [-0.05, 0) is 43.7 Å². The van der Waals surface area contributed by atoms with Gasteiger partial charge in [-0.3, -0.25) is 4.79 Å². The molecule has 0 N–H and O–H groups in total. The standard InChI is InChI=1S/C22H30N2O5S/c25-21(24-12-5-4-8-20(24)22-28-15-16-29-22)19-9-13-23(14-10-19)30(26,27)17-11-18-6-2-1-3-7-18/h1-3,6-7,11,17,19-20,22H,4-5,8-10,12-16H2/b17-11+. The quantitative estimate of drug-likeness (QED) is 0.712. The first-order valence-electron chi connectivity index (χ1n) is 10.8. The van der Waals surface area contributed by atoms with Crippen molar-refractivity contribution < 1.29 is 22.7 Å². The molecule has 3 saturated heterocycles. The molecule has 0 saturated carbocycles. The van der Waals surface area contributed by atoms with Gasteiger partial charge in [0.1, 0.15) is 0 Å². The van der Waals surface area contributed by atoms with Crippen LogP contribution in [0.4, 0.5) is 0 Å². The van der Waals surface area contributed by atoms with Crippen molar-refractivity contribution in [2.24, 2.45) is 5.92 Å². The Kier molecular flexibility index (Phi) is 6.87. The Hall–Kier alpha value is -1.74. The van der Waals surface area contributed by atoms with Crippen molar-refractivity contribution in [2.75, 3.05) is 32.8 Å². The molecule has 4 rings (SSSR count). The minimum atomic E-state index is -3.49. The van der Waals surface area contributed by atoms with Crippen LogP contribution in [0.2, 0.25) is 0 Å². The average molecular weight is 435 g/mol. The van der Waals surface area contributed by atoms with Gasteiger partial charge in [0.05, 0.1) is 19.3 Å². The van der Waals surface area contributed by atoms with Crippen molar-refractivity contribution >= 4 is 22.0 Å². The molecule has 1 aromatic rings. The average Bonchev–Trinajstić information content (AvgIpc) is 3.33. The maximum atomic E-state index is 13.2. The Bertz CT molecular complexity index is 844. The molecule has 3 heterocycles. The number of carbonyl (C=O) groups is 1. The predicted octanol–water partition coefficient (Wildman–Crippen LogP) is 2.45. The molecule has 1 unspecified atom stereocenters. The number of piperidine rings is 2. The van der Waals surface area contributed by atoms with Gasteiger partial charge < -0.3 is 14.4 Å². The first-order chi connectivity index (χ1) is 14.5. The molecule has 0 aliphatic carbocycles. The van der Waals surface area contributed by atoms with Crippen molar-refractivity contribution in [2.45, 2.75) is 44.4 Å². The van der Waals surface area contributed by atoms with E-state index in [1.807, 2.05) is 35.2 Å². The second kappa shape index (κ2) is 9.60. The first-order valence-corrected chi connectivity index (χ1v) is 12.3. The van der Waals surface area contributed by atoms with E-state index in [4.69, 9.17) is 9.47 Å². The van der Waals surface area contributed by atoms with Crippen LogP contribution in [0.25, 0.3) is 6.08 Å². The van der Waals surface area contributed by atoms with Crippen molar-refractivity contribution in [3.63, 3.8) is 0 Å². The molecule has 30 heavy (non-hydrogen) atoms. The SMILES string of the molecule is O=C(C1CCN(S(=O)(=O)/C=C/c2ccccc2)CC1)N1CCCCC1C1OCCO1. The van der Waals surface area contributed by atoms with E-state index in [2.05, 4.69) is 0 Å². The van der Waals surface area contributed by atoms with E-state index in [0.717, 1.165) is 31.4 Å². The van der Waals surface area contributed by atoms with E-state index in [1.165, 1.54) is 9.71 Å². The maximum Gasteiger partial charge on any atom is 0.236 e. The number of nitrogens with zero attached hydrogens (tertiary/aromatic N) is 2.